The highest BCUT2D eigenvalue weighted by atomic mass is 28.4. The van der Waals surface area contributed by atoms with E-state index in [4.69, 9.17) is 10.2 Å². The summed E-state index contributed by atoms with van der Waals surface area (Å²) >= 11 is 0. The monoisotopic (exact) mass is 293 g/mol. The SMILES string of the molecule is C[C@@H](Cc1ccccc1)[C@H](CN)O[Si](C)(C)C(C)(C)C. The van der Waals surface area contributed by atoms with Crippen LogP contribution in [0.4, 0.5) is 0 Å². The smallest absolute Gasteiger partial charge is 0.192 e. The molecule has 2 atom stereocenters. The third-order valence-electron chi connectivity index (χ3n) is 4.52. The van der Waals surface area contributed by atoms with Gasteiger partial charge < -0.3 is 10.2 Å². The van der Waals surface area contributed by atoms with Crippen LogP contribution in [0.3, 0.4) is 0 Å². The maximum atomic E-state index is 6.50. The highest BCUT2D eigenvalue weighted by molar-refractivity contribution is 6.74. The summed E-state index contributed by atoms with van der Waals surface area (Å²) in [5, 5.41) is 0.229. The molecule has 0 saturated heterocycles. The number of benzene rings is 1. The zero-order chi connectivity index (χ0) is 15.4. The van der Waals surface area contributed by atoms with E-state index in [9.17, 15) is 0 Å². The van der Waals surface area contributed by atoms with Crippen LogP contribution in [0.5, 0.6) is 0 Å². The van der Waals surface area contributed by atoms with E-state index in [-0.39, 0.29) is 11.1 Å². The third-order valence-corrected chi connectivity index (χ3v) is 9.02. The second kappa shape index (κ2) is 6.88. The molecule has 0 unspecified atom stereocenters. The number of nitrogens with two attached hydrogens (primary N) is 1. The minimum absolute atomic E-state index is 0.149. The normalized spacial score (nSPS) is 15.9. The molecule has 0 radical (unpaired) electrons. The first-order valence-corrected chi connectivity index (χ1v) is 10.5. The first-order valence-electron chi connectivity index (χ1n) is 7.59. The van der Waals surface area contributed by atoms with E-state index in [2.05, 4.69) is 71.1 Å². The topological polar surface area (TPSA) is 35.2 Å². The van der Waals surface area contributed by atoms with Crippen molar-refractivity contribution in [3.05, 3.63) is 35.9 Å². The zero-order valence-electron chi connectivity index (χ0n) is 13.9. The number of hydrogen-bond acceptors (Lipinski definition) is 2. The van der Waals surface area contributed by atoms with Crippen molar-refractivity contribution in [3.8, 4) is 0 Å². The van der Waals surface area contributed by atoms with E-state index in [1.165, 1.54) is 5.56 Å². The van der Waals surface area contributed by atoms with Crippen LogP contribution in [0.1, 0.15) is 33.3 Å². The van der Waals surface area contributed by atoms with Crippen molar-refractivity contribution in [1.29, 1.82) is 0 Å². The average Bonchev–Trinajstić information content (AvgIpc) is 2.35. The minimum Gasteiger partial charge on any atom is -0.412 e. The lowest BCUT2D eigenvalue weighted by Crippen LogP contribution is -2.48. The van der Waals surface area contributed by atoms with Gasteiger partial charge in [0.1, 0.15) is 0 Å². The fourth-order valence-electron chi connectivity index (χ4n) is 2.07. The van der Waals surface area contributed by atoms with Crippen LogP contribution in [0.15, 0.2) is 30.3 Å². The van der Waals surface area contributed by atoms with Gasteiger partial charge in [0, 0.05) is 6.54 Å². The van der Waals surface area contributed by atoms with Crippen molar-refractivity contribution in [1.82, 2.24) is 0 Å². The first kappa shape index (κ1) is 17.4. The fourth-order valence-corrected chi connectivity index (χ4v) is 3.51. The largest absolute Gasteiger partial charge is 0.412 e. The van der Waals surface area contributed by atoms with Crippen molar-refractivity contribution >= 4 is 8.32 Å². The Morgan fingerprint density at radius 3 is 2.15 bits per heavy atom. The van der Waals surface area contributed by atoms with Gasteiger partial charge in [-0.25, -0.2) is 0 Å². The molecule has 0 amide bonds. The van der Waals surface area contributed by atoms with E-state index in [0.717, 1.165) is 6.42 Å². The molecule has 0 aliphatic rings. The molecule has 0 fully saturated rings. The van der Waals surface area contributed by atoms with E-state index in [1.807, 2.05) is 0 Å². The summed E-state index contributed by atoms with van der Waals surface area (Å²) in [5.74, 6) is 0.441. The van der Waals surface area contributed by atoms with Crippen LogP contribution in [0, 0.1) is 5.92 Å². The lowest BCUT2D eigenvalue weighted by atomic mass is 9.96. The fraction of sp³-hybridized carbons (Fsp3) is 0.647. The predicted octanol–water partition coefficient (Wildman–Crippen LogP) is 4.21. The summed E-state index contributed by atoms with van der Waals surface area (Å²) in [6.45, 7) is 14.3. The van der Waals surface area contributed by atoms with Crippen LogP contribution >= 0.6 is 0 Å². The molecule has 0 aliphatic carbocycles. The van der Waals surface area contributed by atoms with Gasteiger partial charge in [0.25, 0.3) is 0 Å². The Balaban J connectivity index is 2.71. The molecule has 3 heteroatoms. The van der Waals surface area contributed by atoms with Gasteiger partial charge in [0.15, 0.2) is 8.32 Å². The lowest BCUT2D eigenvalue weighted by molar-refractivity contribution is 0.132. The summed E-state index contributed by atoms with van der Waals surface area (Å²) < 4.78 is 6.50. The van der Waals surface area contributed by atoms with Crippen molar-refractivity contribution in [3.63, 3.8) is 0 Å². The second-order valence-corrected chi connectivity index (χ2v) is 12.1. The van der Waals surface area contributed by atoms with Gasteiger partial charge in [-0.05, 0) is 36.0 Å². The van der Waals surface area contributed by atoms with Crippen LogP contribution in [-0.4, -0.2) is 21.0 Å². The summed E-state index contributed by atoms with van der Waals surface area (Å²) in [4.78, 5) is 0. The standard InChI is InChI=1S/C17H31NOSi/c1-14(12-15-10-8-7-9-11-15)16(13-18)19-20(5,6)17(2,3)4/h7-11,14,16H,12-13,18H2,1-6H3/t14-,16-/m0/s1. The minimum atomic E-state index is -1.75. The number of rotatable bonds is 6. The molecule has 2 nitrogen and oxygen atoms in total. The van der Waals surface area contributed by atoms with Crippen molar-refractivity contribution in [2.24, 2.45) is 11.7 Å². The Morgan fingerprint density at radius 1 is 1.15 bits per heavy atom. The summed E-state index contributed by atoms with van der Waals surface area (Å²) in [6.07, 6.45) is 1.17. The molecule has 0 saturated carbocycles. The molecule has 1 aromatic rings. The summed E-state index contributed by atoms with van der Waals surface area (Å²) in [5.41, 5.74) is 7.33. The molecular formula is C17H31NOSi. The molecule has 2 N–H and O–H groups in total. The molecule has 0 aromatic heterocycles. The zero-order valence-corrected chi connectivity index (χ0v) is 14.9. The molecule has 114 valence electrons. The Hall–Kier alpha value is -0.643. The first-order chi connectivity index (χ1) is 9.17. The van der Waals surface area contributed by atoms with E-state index in [1.54, 1.807) is 0 Å². The Bertz CT molecular complexity index is 397. The van der Waals surface area contributed by atoms with Crippen LogP contribution in [0.2, 0.25) is 18.1 Å². The summed E-state index contributed by atoms with van der Waals surface area (Å²) in [7, 11) is -1.75. The Labute approximate surface area is 125 Å². The Morgan fingerprint density at radius 2 is 1.70 bits per heavy atom. The van der Waals surface area contributed by atoms with Gasteiger partial charge in [-0.1, -0.05) is 58.0 Å². The molecular weight excluding hydrogens is 262 g/mol. The quantitative estimate of drug-likeness (QED) is 0.797. The van der Waals surface area contributed by atoms with Crippen molar-refractivity contribution in [2.45, 2.75) is 58.4 Å². The average molecular weight is 294 g/mol. The van der Waals surface area contributed by atoms with Gasteiger partial charge in [0.05, 0.1) is 6.10 Å². The van der Waals surface area contributed by atoms with Crippen molar-refractivity contribution in [2.75, 3.05) is 6.54 Å². The maximum absolute atomic E-state index is 6.50. The molecule has 0 bridgehead atoms. The maximum Gasteiger partial charge on any atom is 0.192 e. The van der Waals surface area contributed by atoms with Crippen molar-refractivity contribution < 1.29 is 4.43 Å². The van der Waals surface area contributed by atoms with Crippen LogP contribution in [0.25, 0.3) is 0 Å². The van der Waals surface area contributed by atoms with Gasteiger partial charge in [0.2, 0.25) is 0 Å². The molecule has 20 heavy (non-hydrogen) atoms. The molecule has 0 aliphatic heterocycles. The highest BCUT2D eigenvalue weighted by Gasteiger charge is 2.39. The predicted molar refractivity (Wildman–Crippen MR) is 90.4 cm³/mol. The second-order valence-electron chi connectivity index (χ2n) is 7.32. The Kier molecular flexibility index (Phi) is 5.99. The van der Waals surface area contributed by atoms with Gasteiger partial charge in [-0.2, -0.15) is 0 Å². The molecule has 0 heterocycles. The molecule has 0 spiro atoms. The van der Waals surface area contributed by atoms with E-state index in [0.29, 0.717) is 12.5 Å². The number of hydrogen-bond donors (Lipinski definition) is 1. The lowest BCUT2D eigenvalue weighted by Gasteiger charge is -2.40. The van der Waals surface area contributed by atoms with Gasteiger partial charge in [-0.15, -0.1) is 0 Å². The van der Waals surface area contributed by atoms with Gasteiger partial charge in [-0.3, -0.25) is 0 Å². The van der Waals surface area contributed by atoms with E-state index >= 15 is 0 Å². The third kappa shape index (κ3) is 4.72. The molecule has 1 rings (SSSR count). The highest BCUT2D eigenvalue weighted by Crippen LogP contribution is 2.38. The van der Waals surface area contributed by atoms with Gasteiger partial charge >= 0.3 is 0 Å². The van der Waals surface area contributed by atoms with E-state index < -0.39 is 8.32 Å². The summed E-state index contributed by atoms with van der Waals surface area (Å²) in [6, 6.07) is 10.6. The van der Waals surface area contributed by atoms with Crippen LogP contribution in [-0.2, 0) is 10.8 Å². The molecule has 1 aromatic carbocycles. The van der Waals surface area contributed by atoms with Crippen LogP contribution < -0.4 is 5.73 Å².